The Balaban J connectivity index is 2.07. The highest BCUT2D eigenvalue weighted by Crippen LogP contribution is 2.37. The van der Waals surface area contributed by atoms with Crippen molar-refractivity contribution in [2.24, 2.45) is 5.92 Å². The second kappa shape index (κ2) is 14.6. The Morgan fingerprint density at radius 1 is 0.889 bits per heavy atom. The standard InChI is InChI=1S/C36H47N3O6/c1-10-25-18-14-15-19-27(25)30(31(40)37-28(33(42)44-35(4,5)6)22-24-16-12-11-13-17-24)39(26-20-21-26)32(41)29(23(2)3)38-34(43)45-36(7,8)9/h1,11-19,23,26,28-30H,20-22H2,2-9H3,(H,37,40)(H,38,43). The van der Waals surface area contributed by atoms with Gasteiger partial charge in [0.05, 0.1) is 0 Å². The van der Waals surface area contributed by atoms with Gasteiger partial charge in [-0.05, 0) is 77.5 Å². The molecule has 3 atom stereocenters. The zero-order valence-electron chi connectivity index (χ0n) is 27.7. The van der Waals surface area contributed by atoms with Crippen LogP contribution in [0.2, 0.25) is 0 Å². The van der Waals surface area contributed by atoms with Crippen molar-refractivity contribution in [2.75, 3.05) is 0 Å². The van der Waals surface area contributed by atoms with E-state index in [0.29, 0.717) is 24.0 Å². The van der Waals surface area contributed by atoms with E-state index in [2.05, 4.69) is 16.6 Å². The Bertz CT molecular complexity index is 1400. The number of nitrogens with one attached hydrogen (secondary N) is 2. The summed E-state index contributed by atoms with van der Waals surface area (Å²) in [5, 5.41) is 5.64. The van der Waals surface area contributed by atoms with E-state index in [0.717, 1.165) is 5.56 Å². The number of hydrogen-bond acceptors (Lipinski definition) is 6. The zero-order chi connectivity index (χ0) is 33.5. The molecule has 0 aromatic heterocycles. The minimum Gasteiger partial charge on any atom is -0.458 e. The van der Waals surface area contributed by atoms with Crippen molar-refractivity contribution in [3.8, 4) is 12.3 Å². The van der Waals surface area contributed by atoms with Crippen LogP contribution in [0.25, 0.3) is 0 Å². The van der Waals surface area contributed by atoms with E-state index in [-0.39, 0.29) is 18.4 Å². The molecule has 3 unspecified atom stereocenters. The lowest BCUT2D eigenvalue weighted by Crippen LogP contribution is -2.57. The number of amides is 3. The van der Waals surface area contributed by atoms with E-state index in [4.69, 9.17) is 15.9 Å². The van der Waals surface area contributed by atoms with Crippen LogP contribution >= 0.6 is 0 Å². The summed E-state index contributed by atoms with van der Waals surface area (Å²) in [7, 11) is 0. The Kier molecular flexibility index (Phi) is 11.4. The average Bonchev–Trinajstić information content (AvgIpc) is 3.77. The van der Waals surface area contributed by atoms with Gasteiger partial charge in [-0.1, -0.05) is 68.3 Å². The molecule has 2 N–H and O–H groups in total. The lowest BCUT2D eigenvalue weighted by molar-refractivity contribution is -0.159. The van der Waals surface area contributed by atoms with Gasteiger partial charge in [0.15, 0.2) is 0 Å². The monoisotopic (exact) mass is 617 g/mol. The number of rotatable bonds is 11. The number of ether oxygens (including phenoxy) is 2. The third kappa shape index (κ3) is 10.4. The molecule has 242 valence electrons. The third-order valence-electron chi connectivity index (χ3n) is 7.03. The maximum absolute atomic E-state index is 14.5. The fraction of sp³-hybridized carbons (Fsp3) is 0.500. The smallest absolute Gasteiger partial charge is 0.408 e. The van der Waals surface area contributed by atoms with Crippen LogP contribution in [0.5, 0.6) is 0 Å². The Hall–Kier alpha value is -4.32. The summed E-state index contributed by atoms with van der Waals surface area (Å²) < 4.78 is 11.1. The number of carbonyl (C=O) groups excluding carboxylic acids is 4. The van der Waals surface area contributed by atoms with Gasteiger partial charge in [0.2, 0.25) is 11.8 Å². The molecule has 2 aromatic carbocycles. The minimum absolute atomic E-state index is 0.178. The minimum atomic E-state index is -1.18. The normalized spacial score (nSPS) is 15.2. The fourth-order valence-corrected chi connectivity index (χ4v) is 4.93. The summed E-state index contributed by atoms with van der Waals surface area (Å²) in [4.78, 5) is 56.7. The molecular weight excluding hydrogens is 570 g/mol. The van der Waals surface area contributed by atoms with Crippen molar-refractivity contribution in [2.45, 2.75) is 110 Å². The van der Waals surface area contributed by atoms with Crippen LogP contribution in [0.3, 0.4) is 0 Å². The van der Waals surface area contributed by atoms with Crippen LogP contribution in [0.4, 0.5) is 4.79 Å². The van der Waals surface area contributed by atoms with E-state index in [1.807, 2.05) is 44.2 Å². The second-order valence-corrected chi connectivity index (χ2v) is 13.8. The highest BCUT2D eigenvalue weighted by Gasteiger charge is 2.46. The van der Waals surface area contributed by atoms with Gasteiger partial charge in [-0.3, -0.25) is 9.59 Å². The van der Waals surface area contributed by atoms with Gasteiger partial charge in [-0.15, -0.1) is 6.42 Å². The number of benzene rings is 2. The first kappa shape index (κ1) is 35.2. The van der Waals surface area contributed by atoms with Gasteiger partial charge in [0, 0.05) is 18.0 Å². The number of esters is 1. The quantitative estimate of drug-likeness (QED) is 0.261. The Morgan fingerprint density at radius 3 is 2.00 bits per heavy atom. The van der Waals surface area contributed by atoms with Gasteiger partial charge >= 0.3 is 12.1 Å². The molecule has 45 heavy (non-hydrogen) atoms. The Labute approximate surface area is 267 Å². The number of alkyl carbamates (subject to hydrolysis) is 1. The number of nitrogens with zero attached hydrogens (tertiary/aromatic N) is 1. The molecule has 9 heteroatoms. The first-order valence-corrected chi connectivity index (χ1v) is 15.4. The SMILES string of the molecule is C#Cc1ccccc1C(C(=O)NC(Cc1ccccc1)C(=O)OC(C)(C)C)N(C(=O)C(NC(=O)OC(C)(C)C)C(C)C)C1CC1. The summed E-state index contributed by atoms with van der Waals surface area (Å²) in [5.74, 6) is 0.694. The summed E-state index contributed by atoms with van der Waals surface area (Å²) in [6, 6.07) is 12.8. The van der Waals surface area contributed by atoms with Gasteiger partial charge < -0.3 is 25.0 Å². The summed E-state index contributed by atoms with van der Waals surface area (Å²) >= 11 is 0. The number of terminal acetylenes is 1. The highest BCUT2D eigenvalue weighted by molar-refractivity contribution is 5.94. The molecule has 0 aliphatic heterocycles. The van der Waals surface area contributed by atoms with E-state index >= 15 is 0 Å². The molecule has 9 nitrogen and oxygen atoms in total. The van der Waals surface area contributed by atoms with Crippen LogP contribution in [-0.2, 0) is 30.3 Å². The van der Waals surface area contributed by atoms with Crippen molar-refractivity contribution >= 4 is 23.9 Å². The van der Waals surface area contributed by atoms with E-state index < -0.39 is 53.2 Å². The van der Waals surface area contributed by atoms with Crippen molar-refractivity contribution in [3.63, 3.8) is 0 Å². The van der Waals surface area contributed by atoms with Crippen molar-refractivity contribution in [3.05, 3.63) is 71.3 Å². The summed E-state index contributed by atoms with van der Waals surface area (Å²) in [6.07, 6.45) is 6.66. The molecule has 3 rings (SSSR count). The van der Waals surface area contributed by atoms with Crippen molar-refractivity contribution in [1.29, 1.82) is 0 Å². The molecule has 2 aromatic rings. The average molecular weight is 618 g/mol. The van der Waals surface area contributed by atoms with E-state index in [1.165, 1.54) is 4.90 Å². The molecule has 1 aliphatic carbocycles. The van der Waals surface area contributed by atoms with E-state index in [1.54, 1.807) is 65.8 Å². The predicted octanol–water partition coefficient (Wildman–Crippen LogP) is 5.32. The maximum atomic E-state index is 14.5. The van der Waals surface area contributed by atoms with Gasteiger partial charge in [-0.25, -0.2) is 9.59 Å². The molecule has 0 saturated heterocycles. The second-order valence-electron chi connectivity index (χ2n) is 13.8. The first-order chi connectivity index (χ1) is 21.0. The van der Waals surface area contributed by atoms with Crippen LogP contribution in [-0.4, -0.2) is 58.1 Å². The molecule has 3 amide bonds. The first-order valence-electron chi connectivity index (χ1n) is 15.4. The molecule has 0 heterocycles. The Morgan fingerprint density at radius 2 is 1.47 bits per heavy atom. The topological polar surface area (TPSA) is 114 Å². The number of hydrogen-bond donors (Lipinski definition) is 2. The predicted molar refractivity (Wildman–Crippen MR) is 173 cm³/mol. The van der Waals surface area contributed by atoms with Gasteiger partial charge in [-0.2, -0.15) is 0 Å². The largest absolute Gasteiger partial charge is 0.458 e. The van der Waals surface area contributed by atoms with Crippen molar-refractivity contribution in [1.82, 2.24) is 15.5 Å². The summed E-state index contributed by atoms with van der Waals surface area (Å²) in [5.41, 5.74) is 0.147. The van der Waals surface area contributed by atoms with Crippen LogP contribution in [0.15, 0.2) is 54.6 Å². The van der Waals surface area contributed by atoms with Crippen molar-refractivity contribution < 1.29 is 28.7 Å². The molecular formula is C36H47N3O6. The fourth-order valence-electron chi connectivity index (χ4n) is 4.93. The van der Waals surface area contributed by atoms with Crippen LogP contribution in [0, 0.1) is 18.3 Å². The zero-order valence-corrected chi connectivity index (χ0v) is 27.7. The molecule has 0 bridgehead atoms. The lowest BCUT2D eigenvalue weighted by atomic mass is 9.95. The van der Waals surface area contributed by atoms with Crippen LogP contribution in [0.1, 0.15) is 91.0 Å². The number of carbonyl (C=O) groups is 4. The lowest BCUT2D eigenvalue weighted by Gasteiger charge is -2.36. The summed E-state index contributed by atoms with van der Waals surface area (Å²) in [6.45, 7) is 14.1. The molecule has 0 radical (unpaired) electrons. The van der Waals surface area contributed by atoms with Crippen LogP contribution < -0.4 is 10.6 Å². The molecule has 1 aliphatic rings. The molecule has 0 spiro atoms. The van der Waals surface area contributed by atoms with E-state index in [9.17, 15) is 19.2 Å². The van der Waals surface area contributed by atoms with Gasteiger partial charge in [0.1, 0.15) is 29.3 Å². The third-order valence-corrected chi connectivity index (χ3v) is 7.03. The maximum Gasteiger partial charge on any atom is 0.408 e. The van der Waals surface area contributed by atoms with Gasteiger partial charge in [0.25, 0.3) is 0 Å². The highest BCUT2D eigenvalue weighted by atomic mass is 16.6. The molecule has 1 fully saturated rings. The molecule has 1 saturated carbocycles.